The van der Waals surface area contributed by atoms with E-state index in [1.807, 2.05) is 13.0 Å². The molecule has 0 aliphatic heterocycles. The largest absolute Gasteiger partial charge is 0.467 e. The quantitative estimate of drug-likeness (QED) is 0.765. The zero-order valence-corrected chi connectivity index (χ0v) is 10.6. The number of hydrogen-bond donors (Lipinski definition) is 3. The molecule has 1 aromatic rings. The minimum absolute atomic E-state index is 0.144. The molecule has 0 aromatic carbocycles. The lowest BCUT2D eigenvalue weighted by atomic mass is 10.1. The molecule has 18 heavy (non-hydrogen) atoms. The number of amides is 2. The third-order valence-electron chi connectivity index (χ3n) is 3.38. The van der Waals surface area contributed by atoms with Crippen molar-refractivity contribution in [1.82, 2.24) is 10.6 Å². The van der Waals surface area contributed by atoms with Gasteiger partial charge in [-0.2, -0.15) is 0 Å². The normalized spacial score (nSPS) is 24.8. The Morgan fingerprint density at radius 2 is 2.44 bits per heavy atom. The highest BCUT2D eigenvalue weighted by molar-refractivity contribution is 5.74. The molecule has 3 N–H and O–H groups in total. The maximum atomic E-state index is 11.7. The van der Waals surface area contributed by atoms with E-state index in [0.717, 1.165) is 25.0 Å². The van der Waals surface area contributed by atoms with Crippen LogP contribution < -0.4 is 10.6 Å². The minimum Gasteiger partial charge on any atom is -0.467 e. The number of urea groups is 1. The van der Waals surface area contributed by atoms with Crippen LogP contribution in [0, 0.1) is 5.92 Å². The smallest absolute Gasteiger partial charge is 0.315 e. The van der Waals surface area contributed by atoms with Gasteiger partial charge in [-0.25, -0.2) is 4.79 Å². The van der Waals surface area contributed by atoms with Crippen molar-refractivity contribution in [2.45, 2.75) is 38.3 Å². The topological polar surface area (TPSA) is 74.5 Å². The molecule has 0 bridgehead atoms. The molecule has 2 rings (SSSR count). The van der Waals surface area contributed by atoms with Crippen molar-refractivity contribution < 1.29 is 14.3 Å². The number of aliphatic hydroxyl groups excluding tert-OH is 1. The molecule has 0 radical (unpaired) electrons. The van der Waals surface area contributed by atoms with Crippen molar-refractivity contribution in [1.29, 1.82) is 0 Å². The fourth-order valence-corrected chi connectivity index (χ4v) is 2.33. The number of furan rings is 1. The van der Waals surface area contributed by atoms with Crippen LogP contribution in [-0.4, -0.2) is 23.8 Å². The Labute approximate surface area is 107 Å². The molecule has 0 saturated heterocycles. The molecular formula is C13H20N2O3. The maximum Gasteiger partial charge on any atom is 0.315 e. The van der Waals surface area contributed by atoms with Crippen LogP contribution in [0.25, 0.3) is 0 Å². The van der Waals surface area contributed by atoms with E-state index in [0.29, 0.717) is 12.5 Å². The molecule has 1 aliphatic carbocycles. The number of aliphatic hydroxyl groups is 1. The molecule has 1 aromatic heterocycles. The van der Waals surface area contributed by atoms with Gasteiger partial charge < -0.3 is 20.2 Å². The molecule has 3 atom stereocenters. The second kappa shape index (κ2) is 5.91. The van der Waals surface area contributed by atoms with E-state index in [1.165, 1.54) is 0 Å². The van der Waals surface area contributed by atoms with E-state index < -0.39 is 0 Å². The molecule has 3 unspecified atom stereocenters. The van der Waals surface area contributed by atoms with Crippen LogP contribution in [0.5, 0.6) is 0 Å². The first-order chi connectivity index (χ1) is 8.65. The van der Waals surface area contributed by atoms with Crippen molar-refractivity contribution in [2.24, 2.45) is 5.92 Å². The Bertz CT molecular complexity index is 378. The second-order valence-corrected chi connectivity index (χ2v) is 4.92. The molecule has 2 amide bonds. The van der Waals surface area contributed by atoms with Crippen molar-refractivity contribution in [3.05, 3.63) is 24.2 Å². The first-order valence-corrected chi connectivity index (χ1v) is 6.41. The van der Waals surface area contributed by atoms with Gasteiger partial charge in [0.2, 0.25) is 0 Å². The SMILES string of the molecule is CC(NC(=O)NCC1CCC(O)C1)c1ccco1. The number of nitrogens with one attached hydrogen (secondary N) is 2. The number of rotatable bonds is 4. The Hall–Kier alpha value is -1.49. The molecule has 1 fully saturated rings. The number of hydrogen-bond acceptors (Lipinski definition) is 3. The van der Waals surface area contributed by atoms with E-state index in [2.05, 4.69) is 10.6 Å². The third-order valence-corrected chi connectivity index (χ3v) is 3.38. The fourth-order valence-electron chi connectivity index (χ4n) is 2.33. The molecule has 100 valence electrons. The molecule has 1 aliphatic rings. The van der Waals surface area contributed by atoms with E-state index in [4.69, 9.17) is 4.42 Å². The predicted molar refractivity (Wildman–Crippen MR) is 67.0 cm³/mol. The lowest BCUT2D eigenvalue weighted by Crippen LogP contribution is -2.39. The summed E-state index contributed by atoms with van der Waals surface area (Å²) in [4.78, 5) is 11.7. The van der Waals surface area contributed by atoms with E-state index in [-0.39, 0.29) is 18.2 Å². The van der Waals surface area contributed by atoms with E-state index in [9.17, 15) is 9.90 Å². The van der Waals surface area contributed by atoms with Crippen LogP contribution in [0.15, 0.2) is 22.8 Å². The van der Waals surface area contributed by atoms with E-state index in [1.54, 1.807) is 12.3 Å². The average Bonchev–Trinajstić information content (AvgIpc) is 2.97. The molecule has 0 spiro atoms. The van der Waals surface area contributed by atoms with Gasteiger partial charge in [-0.05, 0) is 44.2 Å². The zero-order valence-electron chi connectivity index (χ0n) is 10.6. The van der Waals surface area contributed by atoms with Gasteiger partial charge in [0.05, 0.1) is 18.4 Å². The standard InChI is InChI=1S/C13H20N2O3/c1-9(12-3-2-6-18-12)15-13(17)14-8-10-4-5-11(16)7-10/h2-3,6,9-11,16H,4-5,7-8H2,1H3,(H2,14,15,17). The van der Waals surface area contributed by atoms with Gasteiger partial charge in [-0.1, -0.05) is 0 Å². The second-order valence-electron chi connectivity index (χ2n) is 4.92. The van der Waals surface area contributed by atoms with Gasteiger partial charge in [-0.3, -0.25) is 0 Å². The highest BCUT2D eigenvalue weighted by Crippen LogP contribution is 2.24. The molecule has 5 nitrogen and oxygen atoms in total. The highest BCUT2D eigenvalue weighted by Gasteiger charge is 2.23. The van der Waals surface area contributed by atoms with Gasteiger partial charge in [0.25, 0.3) is 0 Å². The fraction of sp³-hybridized carbons (Fsp3) is 0.615. The third kappa shape index (κ3) is 3.50. The lowest BCUT2D eigenvalue weighted by Gasteiger charge is -2.14. The van der Waals surface area contributed by atoms with Gasteiger partial charge in [-0.15, -0.1) is 0 Å². The van der Waals surface area contributed by atoms with Crippen molar-refractivity contribution >= 4 is 6.03 Å². The summed E-state index contributed by atoms with van der Waals surface area (Å²) in [6.07, 6.45) is 4.01. The summed E-state index contributed by atoms with van der Waals surface area (Å²) in [7, 11) is 0. The monoisotopic (exact) mass is 252 g/mol. The highest BCUT2D eigenvalue weighted by atomic mass is 16.3. The van der Waals surface area contributed by atoms with Crippen molar-refractivity contribution in [3.63, 3.8) is 0 Å². The lowest BCUT2D eigenvalue weighted by molar-refractivity contribution is 0.177. The van der Waals surface area contributed by atoms with Crippen LogP contribution in [0.2, 0.25) is 0 Å². The predicted octanol–water partition coefficient (Wildman–Crippen LogP) is 1.80. The van der Waals surface area contributed by atoms with Crippen LogP contribution in [-0.2, 0) is 0 Å². The van der Waals surface area contributed by atoms with Gasteiger partial charge in [0, 0.05) is 6.54 Å². The van der Waals surface area contributed by atoms with Crippen molar-refractivity contribution in [3.8, 4) is 0 Å². The average molecular weight is 252 g/mol. The molecular weight excluding hydrogens is 232 g/mol. The Morgan fingerprint density at radius 3 is 3.06 bits per heavy atom. The summed E-state index contributed by atoms with van der Waals surface area (Å²) in [6, 6.07) is 3.29. The van der Waals surface area contributed by atoms with Gasteiger partial charge in [0.15, 0.2) is 0 Å². The van der Waals surface area contributed by atoms with Crippen LogP contribution in [0.4, 0.5) is 4.79 Å². The van der Waals surface area contributed by atoms with Crippen molar-refractivity contribution in [2.75, 3.05) is 6.54 Å². The first kappa shape index (κ1) is 13.0. The summed E-state index contributed by atoms with van der Waals surface area (Å²) in [5.74, 6) is 1.13. The van der Waals surface area contributed by atoms with Crippen LogP contribution >= 0.6 is 0 Å². The Kier molecular flexibility index (Phi) is 4.25. The molecule has 5 heteroatoms. The maximum absolute atomic E-state index is 11.7. The summed E-state index contributed by atoms with van der Waals surface area (Å²) in [5.41, 5.74) is 0. The number of carbonyl (C=O) groups is 1. The zero-order chi connectivity index (χ0) is 13.0. The van der Waals surface area contributed by atoms with Gasteiger partial charge >= 0.3 is 6.03 Å². The van der Waals surface area contributed by atoms with Gasteiger partial charge in [0.1, 0.15) is 5.76 Å². The van der Waals surface area contributed by atoms with Crippen LogP contribution in [0.3, 0.4) is 0 Å². The summed E-state index contributed by atoms with van der Waals surface area (Å²) >= 11 is 0. The summed E-state index contributed by atoms with van der Waals surface area (Å²) in [6.45, 7) is 2.49. The Morgan fingerprint density at radius 1 is 1.61 bits per heavy atom. The molecule has 1 heterocycles. The first-order valence-electron chi connectivity index (χ1n) is 6.41. The van der Waals surface area contributed by atoms with Crippen LogP contribution in [0.1, 0.15) is 38.0 Å². The summed E-state index contributed by atoms with van der Waals surface area (Å²) < 4.78 is 5.21. The Balaban J connectivity index is 1.69. The molecule has 1 saturated carbocycles. The van der Waals surface area contributed by atoms with E-state index >= 15 is 0 Å². The minimum atomic E-state index is -0.194. The summed E-state index contributed by atoms with van der Waals surface area (Å²) in [5, 5.41) is 15.0. The number of carbonyl (C=O) groups excluding carboxylic acids is 1.